The molecule has 0 atom stereocenters. The molecule has 0 aliphatic carbocycles. The molecule has 0 saturated carbocycles. The highest BCUT2D eigenvalue weighted by Gasteiger charge is 2.19. The summed E-state index contributed by atoms with van der Waals surface area (Å²) in [5.41, 5.74) is 0.326. The SMILES string of the molecule is Cc1csc(C(=O)[O-])c1S(N)(=O)=O. The van der Waals surface area contributed by atoms with E-state index >= 15 is 0 Å². The summed E-state index contributed by atoms with van der Waals surface area (Å²) >= 11 is 0.790. The van der Waals surface area contributed by atoms with Crippen molar-refractivity contribution < 1.29 is 18.3 Å². The van der Waals surface area contributed by atoms with E-state index in [0.717, 1.165) is 11.3 Å². The molecular weight excluding hydrogens is 214 g/mol. The molecular formula is C6H6NO4S2-. The summed E-state index contributed by atoms with van der Waals surface area (Å²) in [6.07, 6.45) is 0. The molecule has 7 heteroatoms. The van der Waals surface area contributed by atoms with Gasteiger partial charge in [0.1, 0.15) is 4.90 Å². The van der Waals surface area contributed by atoms with E-state index in [1.54, 1.807) is 0 Å². The van der Waals surface area contributed by atoms with E-state index in [0.29, 0.717) is 5.56 Å². The Hall–Kier alpha value is -0.920. The molecule has 0 spiro atoms. The quantitative estimate of drug-likeness (QED) is 0.695. The Labute approximate surface area is 78.9 Å². The fourth-order valence-electron chi connectivity index (χ4n) is 0.928. The summed E-state index contributed by atoms with van der Waals surface area (Å²) in [5.74, 6) is -1.53. The second kappa shape index (κ2) is 3.09. The van der Waals surface area contributed by atoms with Crippen molar-refractivity contribution in [2.24, 2.45) is 5.14 Å². The molecule has 0 aliphatic heterocycles. The highest BCUT2D eigenvalue weighted by molar-refractivity contribution is 7.89. The van der Waals surface area contributed by atoms with Crippen molar-refractivity contribution in [3.63, 3.8) is 0 Å². The van der Waals surface area contributed by atoms with Gasteiger partial charge in [-0.25, -0.2) is 13.6 Å². The van der Waals surface area contributed by atoms with Crippen LogP contribution in [0.4, 0.5) is 0 Å². The van der Waals surface area contributed by atoms with Crippen LogP contribution in [0.15, 0.2) is 10.3 Å². The molecule has 5 nitrogen and oxygen atoms in total. The van der Waals surface area contributed by atoms with Crippen LogP contribution >= 0.6 is 11.3 Å². The van der Waals surface area contributed by atoms with Gasteiger partial charge in [-0.1, -0.05) is 0 Å². The number of aromatic carboxylic acids is 1. The molecule has 0 radical (unpaired) electrons. The number of hydrogen-bond donors (Lipinski definition) is 1. The van der Waals surface area contributed by atoms with E-state index in [1.807, 2.05) is 0 Å². The number of thiophene rings is 1. The minimum Gasteiger partial charge on any atom is -0.544 e. The summed E-state index contributed by atoms with van der Waals surface area (Å²) in [5, 5.41) is 16.7. The maximum atomic E-state index is 10.9. The Morgan fingerprint density at radius 1 is 1.62 bits per heavy atom. The summed E-state index contributed by atoms with van der Waals surface area (Å²) in [6, 6.07) is 0. The van der Waals surface area contributed by atoms with Gasteiger partial charge < -0.3 is 9.90 Å². The van der Waals surface area contributed by atoms with Crippen molar-refractivity contribution in [1.29, 1.82) is 0 Å². The van der Waals surface area contributed by atoms with Crippen LogP contribution in [0.5, 0.6) is 0 Å². The zero-order valence-corrected chi connectivity index (χ0v) is 8.24. The van der Waals surface area contributed by atoms with Crippen LogP contribution in [0, 0.1) is 6.92 Å². The highest BCUT2D eigenvalue weighted by Crippen LogP contribution is 2.24. The third-order valence-corrected chi connectivity index (χ3v) is 3.69. The largest absolute Gasteiger partial charge is 0.544 e. The lowest BCUT2D eigenvalue weighted by atomic mass is 10.3. The van der Waals surface area contributed by atoms with Gasteiger partial charge in [-0.3, -0.25) is 0 Å². The first-order valence-electron chi connectivity index (χ1n) is 3.16. The number of carbonyl (C=O) groups is 1. The highest BCUT2D eigenvalue weighted by atomic mass is 32.2. The lowest BCUT2D eigenvalue weighted by molar-refractivity contribution is -0.254. The van der Waals surface area contributed by atoms with Crippen molar-refractivity contribution in [2.75, 3.05) is 0 Å². The number of carboxylic acid groups (broad SMARTS) is 1. The number of aryl methyl sites for hydroxylation is 1. The van der Waals surface area contributed by atoms with Gasteiger partial charge in [0.15, 0.2) is 0 Å². The molecule has 1 aromatic heterocycles. The first-order valence-corrected chi connectivity index (χ1v) is 5.59. The summed E-state index contributed by atoms with van der Waals surface area (Å²) in [7, 11) is -3.98. The summed E-state index contributed by atoms with van der Waals surface area (Å²) in [4.78, 5) is 9.76. The van der Waals surface area contributed by atoms with E-state index < -0.39 is 16.0 Å². The molecule has 0 bridgehead atoms. The molecule has 0 fully saturated rings. The van der Waals surface area contributed by atoms with E-state index in [-0.39, 0.29) is 9.77 Å². The van der Waals surface area contributed by atoms with E-state index in [1.165, 1.54) is 12.3 Å². The lowest BCUT2D eigenvalue weighted by Crippen LogP contribution is -2.25. The summed E-state index contributed by atoms with van der Waals surface area (Å²) in [6.45, 7) is 1.47. The van der Waals surface area contributed by atoms with Gasteiger partial charge in [-0.15, -0.1) is 11.3 Å². The molecule has 2 N–H and O–H groups in total. The average molecular weight is 220 g/mol. The zero-order valence-electron chi connectivity index (χ0n) is 6.60. The molecule has 1 rings (SSSR count). The van der Waals surface area contributed by atoms with Crippen molar-refractivity contribution in [2.45, 2.75) is 11.8 Å². The van der Waals surface area contributed by atoms with E-state index in [4.69, 9.17) is 5.14 Å². The van der Waals surface area contributed by atoms with Gasteiger partial charge >= 0.3 is 0 Å². The molecule has 1 aromatic rings. The van der Waals surface area contributed by atoms with Gasteiger partial charge in [0.05, 0.1) is 10.8 Å². The van der Waals surface area contributed by atoms with Crippen molar-refractivity contribution >= 4 is 27.3 Å². The van der Waals surface area contributed by atoms with E-state index in [9.17, 15) is 18.3 Å². The van der Waals surface area contributed by atoms with E-state index in [2.05, 4.69) is 0 Å². The number of hydrogen-bond acceptors (Lipinski definition) is 5. The number of nitrogens with two attached hydrogens (primary N) is 1. The molecule has 0 saturated heterocycles. The van der Waals surface area contributed by atoms with Gasteiger partial charge in [-0.05, 0) is 17.9 Å². The lowest BCUT2D eigenvalue weighted by Gasteiger charge is -2.02. The average Bonchev–Trinajstić information content (AvgIpc) is 2.28. The van der Waals surface area contributed by atoms with Gasteiger partial charge in [0, 0.05) is 0 Å². The van der Waals surface area contributed by atoms with Gasteiger partial charge in [0.25, 0.3) is 0 Å². The Kier molecular flexibility index (Phi) is 2.42. The van der Waals surface area contributed by atoms with Crippen molar-refractivity contribution in [3.8, 4) is 0 Å². The van der Waals surface area contributed by atoms with Crippen LogP contribution < -0.4 is 10.2 Å². The second-order valence-corrected chi connectivity index (χ2v) is 4.79. The third-order valence-electron chi connectivity index (χ3n) is 1.39. The zero-order chi connectivity index (χ0) is 10.2. The monoisotopic (exact) mass is 220 g/mol. The summed E-state index contributed by atoms with van der Waals surface area (Å²) < 4.78 is 21.9. The van der Waals surface area contributed by atoms with Crippen LogP contribution in [0.1, 0.15) is 15.2 Å². The second-order valence-electron chi connectivity index (χ2n) is 2.41. The van der Waals surface area contributed by atoms with Crippen molar-refractivity contribution in [1.82, 2.24) is 0 Å². The molecule has 1 heterocycles. The fourth-order valence-corrected chi connectivity index (χ4v) is 3.12. The number of carboxylic acids is 1. The molecule has 0 aliphatic rings. The predicted molar refractivity (Wildman–Crippen MR) is 44.8 cm³/mol. The van der Waals surface area contributed by atoms with Crippen LogP contribution in [-0.4, -0.2) is 14.4 Å². The van der Waals surface area contributed by atoms with Crippen LogP contribution in [-0.2, 0) is 10.0 Å². The number of sulfonamides is 1. The standard InChI is InChI=1S/C6H7NO4S2/c1-3-2-12-4(6(8)9)5(3)13(7,10)11/h2H,1H3,(H,8,9)(H2,7,10,11)/p-1. The molecule has 72 valence electrons. The first kappa shape index (κ1) is 10.2. The Balaban J connectivity index is 3.51. The maximum absolute atomic E-state index is 10.9. The minimum atomic E-state index is -3.98. The minimum absolute atomic E-state index is 0.326. The maximum Gasteiger partial charge on any atom is 0.239 e. The molecule has 0 aromatic carbocycles. The smallest absolute Gasteiger partial charge is 0.239 e. The number of carbonyl (C=O) groups excluding carboxylic acids is 1. The van der Waals surface area contributed by atoms with Gasteiger partial charge in [-0.2, -0.15) is 0 Å². The van der Waals surface area contributed by atoms with Crippen LogP contribution in [0.2, 0.25) is 0 Å². The van der Waals surface area contributed by atoms with Gasteiger partial charge in [0.2, 0.25) is 10.0 Å². The topological polar surface area (TPSA) is 100 Å². The predicted octanol–water partition coefficient (Wildman–Crippen LogP) is -0.933. The normalized spacial score (nSPS) is 11.5. The number of rotatable bonds is 2. The molecule has 0 amide bonds. The Bertz CT molecular complexity index is 445. The Morgan fingerprint density at radius 3 is 2.46 bits per heavy atom. The van der Waals surface area contributed by atoms with Crippen molar-refractivity contribution in [3.05, 3.63) is 15.8 Å². The Morgan fingerprint density at radius 2 is 2.15 bits per heavy atom. The van der Waals surface area contributed by atoms with Crippen LogP contribution in [0.3, 0.4) is 0 Å². The third kappa shape index (κ3) is 1.87. The molecule has 0 unspecified atom stereocenters. The molecule has 13 heavy (non-hydrogen) atoms. The van der Waals surface area contributed by atoms with Crippen LogP contribution in [0.25, 0.3) is 0 Å². The first-order chi connectivity index (χ1) is 5.84. The fraction of sp³-hybridized carbons (Fsp3) is 0.167. The number of primary sulfonamides is 1.